The van der Waals surface area contributed by atoms with Crippen LogP contribution in [0, 0.1) is 11.6 Å². The highest BCUT2D eigenvalue weighted by Gasteiger charge is 2.31. The monoisotopic (exact) mass is 439 g/mol. The number of phenolic OH excluding ortho intramolecular Hbond substituents is 1. The van der Waals surface area contributed by atoms with Crippen LogP contribution in [0.2, 0.25) is 0 Å². The van der Waals surface area contributed by atoms with Crippen LogP contribution < -0.4 is 5.32 Å². The van der Waals surface area contributed by atoms with Gasteiger partial charge in [0.1, 0.15) is 17.4 Å². The fraction of sp³-hybridized carbons (Fsp3) is 0.300. The van der Waals surface area contributed by atoms with Gasteiger partial charge in [-0.1, -0.05) is 0 Å². The molecule has 1 aliphatic rings. The van der Waals surface area contributed by atoms with Gasteiger partial charge >= 0.3 is 0 Å². The van der Waals surface area contributed by atoms with Gasteiger partial charge in [-0.2, -0.15) is 4.37 Å². The van der Waals surface area contributed by atoms with E-state index in [9.17, 15) is 18.7 Å². The van der Waals surface area contributed by atoms with Crippen LogP contribution in [0.5, 0.6) is 5.75 Å². The molecule has 4 rings (SSSR count). The lowest BCUT2D eigenvalue weighted by molar-refractivity contribution is 0.0547. The predicted octanol–water partition coefficient (Wildman–Crippen LogP) is 4.19. The first-order valence-corrected chi connectivity index (χ1v) is 9.74. The van der Waals surface area contributed by atoms with Crippen molar-refractivity contribution in [2.45, 2.75) is 25.9 Å². The summed E-state index contributed by atoms with van der Waals surface area (Å²) in [5.41, 5.74) is 0.338. The van der Waals surface area contributed by atoms with Gasteiger partial charge in [0.25, 0.3) is 5.91 Å². The second-order valence-corrected chi connectivity index (χ2v) is 7.92. The Balaban J connectivity index is 0.00000240. The lowest BCUT2D eigenvalue weighted by Gasteiger charge is -2.39. The highest BCUT2D eigenvalue weighted by Crippen LogP contribution is 2.35. The first-order chi connectivity index (χ1) is 13.4. The maximum Gasteiger partial charge on any atom is 0.255 e. The van der Waals surface area contributed by atoms with E-state index in [1.54, 1.807) is 17.2 Å². The number of hydrogen-bond acceptors (Lipinski definition) is 5. The molecule has 0 aliphatic carbocycles. The summed E-state index contributed by atoms with van der Waals surface area (Å²) in [6, 6.07) is 4.82. The van der Waals surface area contributed by atoms with Crippen LogP contribution in [0.3, 0.4) is 0 Å². The Morgan fingerprint density at radius 1 is 1.17 bits per heavy atom. The summed E-state index contributed by atoms with van der Waals surface area (Å²) in [5, 5.41) is 13.4. The maximum atomic E-state index is 14.4. The third kappa shape index (κ3) is 3.80. The largest absolute Gasteiger partial charge is 0.508 e. The highest BCUT2D eigenvalue weighted by molar-refractivity contribution is 7.13. The Bertz CT molecular complexity index is 1040. The molecule has 1 fully saturated rings. The standard InChI is InChI=1S/C20H19F2N3O2S.ClH/c1-10-7-23-8-11(2)25(10)20(27)15-4-12(3-13-9-24-28-19(13)15)18-16(21)5-14(26)6-17(18)22;/h3-6,9-11,23,26H,7-8H2,1-2H3;1H/t10-,11+;. The van der Waals surface area contributed by atoms with Crippen molar-refractivity contribution in [1.29, 1.82) is 0 Å². The van der Waals surface area contributed by atoms with Crippen molar-refractivity contribution in [3.63, 3.8) is 0 Å². The number of phenols is 1. The lowest BCUT2D eigenvalue weighted by atomic mass is 9.98. The van der Waals surface area contributed by atoms with Gasteiger partial charge in [-0.15, -0.1) is 12.4 Å². The Kier molecular flexibility index (Phi) is 6.07. The molecule has 0 saturated carbocycles. The zero-order valence-corrected chi connectivity index (χ0v) is 17.4. The van der Waals surface area contributed by atoms with Crippen molar-refractivity contribution in [2.24, 2.45) is 0 Å². The molecule has 1 saturated heterocycles. The number of carbonyl (C=O) groups excluding carboxylic acids is 1. The summed E-state index contributed by atoms with van der Waals surface area (Å²) in [4.78, 5) is 15.2. The minimum absolute atomic E-state index is 0. The zero-order chi connectivity index (χ0) is 20.0. The molecule has 5 nitrogen and oxygen atoms in total. The molecule has 0 unspecified atom stereocenters. The quantitative estimate of drug-likeness (QED) is 0.628. The molecule has 2 heterocycles. The number of carbonyl (C=O) groups is 1. The zero-order valence-electron chi connectivity index (χ0n) is 15.8. The van der Waals surface area contributed by atoms with Crippen LogP contribution in [0.4, 0.5) is 8.78 Å². The van der Waals surface area contributed by atoms with E-state index in [1.165, 1.54) is 17.6 Å². The Morgan fingerprint density at radius 2 is 1.79 bits per heavy atom. The molecule has 29 heavy (non-hydrogen) atoms. The van der Waals surface area contributed by atoms with E-state index in [1.807, 2.05) is 13.8 Å². The van der Waals surface area contributed by atoms with Gasteiger partial charge in [0.05, 0.1) is 15.8 Å². The molecule has 9 heteroatoms. The highest BCUT2D eigenvalue weighted by atomic mass is 35.5. The molecule has 154 valence electrons. The molecule has 2 aromatic carbocycles. The van der Waals surface area contributed by atoms with Crippen LogP contribution >= 0.6 is 23.9 Å². The minimum Gasteiger partial charge on any atom is -0.508 e. The first-order valence-electron chi connectivity index (χ1n) is 8.97. The van der Waals surface area contributed by atoms with E-state index in [0.29, 0.717) is 28.7 Å². The van der Waals surface area contributed by atoms with Gasteiger partial charge in [-0.25, -0.2) is 8.78 Å². The van der Waals surface area contributed by atoms with Crippen molar-refractivity contribution in [2.75, 3.05) is 13.1 Å². The van der Waals surface area contributed by atoms with E-state index < -0.39 is 17.4 Å². The van der Waals surface area contributed by atoms with E-state index in [4.69, 9.17) is 0 Å². The second-order valence-electron chi connectivity index (χ2n) is 7.12. The third-order valence-corrected chi connectivity index (χ3v) is 5.91. The molecule has 2 atom stereocenters. The second kappa shape index (κ2) is 8.22. The van der Waals surface area contributed by atoms with Gasteiger partial charge in [-0.05, 0) is 43.1 Å². The van der Waals surface area contributed by atoms with Crippen LogP contribution in [0.25, 0.3) is 21.2 Å². The lowest BCUT2D eigenvalue weighted by Crippen LogP contribution is -2.57. The average molecular weight is 440 g/mol. The number of aromatic hydroxyl groups is 1. The molecular formula is C20H20ClF2N3O2S. The number of benzene rings is 2. The van der Waals surface area contributed by atoms with E-state index in [0.717, 1.165) is 12.1 Å². The molecule has 0 bridgehead atoms. The van der Waals surface area contributed by atoms with Crippen LogP contribution in [-0.2, 0) is 0 Å². The van der Waals surface area contributed by atoms with E-state index in [2.05, 4.69) is 9.69 Å². The Labute approximate surface area is 176 Å². The fourth-order valence-corrected chi connectivity index (χ4v) is 4.53. The number of amides is 1. The number of halogens is 3. The van der Waals surface area contributed by atoms with Gasteiger partial charge in [0.2, 0.25) is 0 Å². The number of rotatable bonds is 2. The topological polar surface area (TPSA) is 65.5 Å². The summed E-state index contributed by atoms with van der Waals surface area (Å²) in [7, 11) is 0. The van der Waals surface area contributed by atoms with Gasteiger partial charge in [0.15, 0.2) is 0 Å². The minimum atomic E-state index is -0.887. The summed E-state index contributed by atoms with van der Waals surface area (Å²) >= 11 is 1.18. The van der Waals surface area contributed by atoms with Gasteiger partial charge in [-0.3, -0.25) is 4.79 Å². The van der Waals surface area contributed by atoms with Crippen LogP contribution in [-0.4, -0.2) is 45.5 Å². The van der Waals surface area contributed by atoms with Crippen molar-refractivity contribution >= 4 is 39.9 Å². The number of hydrogen-bond donors (Lipinski definition) is 2. The molecule has 1 aliphatic heterocycles. The van der Waals surface area contributed by atoms with Crippen molar-refractivity contribution in [3.05, 3.63) is 47.7 Å². The molecule has 1 aromatic heterocycles. The summed E-state index contributed by atoms with van der Waals surface area (Å²) in [6.45, 7) is 5.30. The molecule has 1 amide bonds. The number of nitrogens with one attached hydrogen (secondary N) is 1. The van der Waals surface area contributed by atoms with E-state index >= 15 is 0 Å². The third-order valence-electron chi connectivity index (χ3n) is 5.06. The predicted molar refractivity (Wildman–Crippen MR) is 112 cm³/mol. The number of piperazine rings is 1. The van der Waals surface area contributed by atoms with Gasteiger partial charge in [0, 0.05) is 48.9 Å². The smallest absolute Gasteiger partial charge is 0.255 e. The molecule has 3 aromatic rings. The molecule has 0 spiro atoms. The number of aromatic nitrogens is 1. The SMILES string of the molecule is C[C@@H]1CNC[C@H](C)N1C(=O)c1cc(-c2c(F)cc(O)cc2F)cc2cnsc12.Cl. The van der Waals surface area contributed by atoms with Gasteiger partial charge < -0.3 is 15.3 Å². The van der Waals surface area contributed by atoms with E-state index in [-0.39, 0.29) is 41.5 Å². The fourth-order valence-electron chi connectivity index (χ4n) is 3.80. The first kappa shape index (κ1) is 21.4. The van der Waals surface area contributed by atoms with Crippen molar-refractivity contribution < 1.29 is 18.7 Å². The maximum absolute atomic E-state index is 14.4. The van der Waals surface area contributed by atoms with Crippen LogP contribution in [0.1, 0.15) is 24.2 Å². The number of fused-ring (bicyclic) bond motifs is 1. The Morgan fingerprint density at radius 3 is 2.41 bits per heavy atom. The average Bonchev–Trinajstić information content (AvgIpc) is 3.08. The molecule has 0 radical (unpaired) electrons. The molecule has 2 N–H and O–H groups in total. The normalized spacial score (nSPS) is 19.2. The summed E-state index contributed by atoms with van der Waals surface area (Å²) in [5.74, 6) is -2.45. The summed E-state index contributed by atoms with van der Waals surface area (Å²) < 4.78 is 33.7. The summed E-state index contributed by atoms with van der Waals surface area (Å²) in [6.07, 6.45) is 1.58. The van der Waals surface area contributed by atoms with Crippen LogP contribution in [0.15, 0.2) is 30.5 Å². The van der Waals surface area contributed by atoms with Crippen molar-refractivity contribution in [1.82, 2.24) is 14.6 Å². The van der Waals surface area contributed by atoms with Crippen molar-refractivity contribution in [3.8, 4) is 16.9 Å². The number of nitrogens with zero attached hydrogens (tertiary/aromatic N) is 2. The molecular weight excluding hydrogens is 420 g/mol. The Hall–Kier alpha value is -2.29.